The first-order valence-electron chi connectivity index (χ1n) is 10.9. The highest BCUT2D eigenvalue weighted by Gasteiger charge is 2.52. The molecule has 0 radical (unpaired) electrons. The summed E-state index contributed by atoms with van der Waals surface area (Å²) in [6.07, 6.45) is 5.63. The lowest BCUT2D eigenvalue weighted by atomic mass is 9.77. The molecule has 1 aliphatic carbocycles. The van der Waals surface area contributed by atoms with Crippen LogP contribution in [0.5, 0.6) is 0 Å². The Bertz CT molecular complexity index is 973. The van der Waals surface area contributed by atoms with Crippen LogP contribution in [0.3, 0.4) is 0 Å². The summed E-state index contributed by atoms with van der Waals surface area (Å²) in [4.78, 5) is 39.1. The highest BCUT2D eigenvalue weighted by Crippen LogP contribution is 2.36. The Kier molecular flexibility index (Phi) is 5.80. The Morgan fingerprint density at radius 2 is 1.84 bits per heavy atom. The molecule has 2 aliphatic rings. The number of hydrogen-bond donors (Lipinski definition) is 2. The van der Waals surface area contributed by atoms with Crippen molar-refractivity contribution in [2.45, 2.75) is 58.0 Å². The first-order valence-corrected chi connectivity index (χ1v) is 10.9. The predicted octanol–water partition coefficient (Wildman–Crippen LogP) is 2.93. The van der Waals surface area contributed by atoms with E-state index in [1.54, 1.807) is 16.9 Å². The Morgan fingerprint density at radius 3 is 2.52 bits per heavy atom. The predicted molar refractivity (Wildman–Crippen MR) is 116 cm³/mol. The molecule has 4 amide bonds. The highest BCUT2D eigenvalue weighted by atomic mass is 16.2. The summed E-state index contributed by atoms with van der Waals surface area (Å²) in [5.41, 5.74) is 1.49. The van der Waals surface area contributed by atoms with Crippen LogP contribution in [0.15, 0.2) is 36.5 Å². The first kappa shape index (κ1) is 21.1. The van der Waals surface area contributed by atoms with Crippen molar-refractivity contribution in [3.05, 3.63) is 47.7 Å². The van der Waals surface area contributed by atoms with Gasteiger partial charge in [-0.1, -0.05) is 38.1 Å². The van der Waals surface area contributed by atoms with Crippen LogP contribution in [0, 0.1) is 5.92 Å². The van der Waals surface area contributed by atoms with Crippen LogP contribution in [0.2, 0.25) is 0 Å². The third-order valence-corrected chi connectivity index (χ3v) is 6.42. The molecule has 0 bridgehead atoms. The number of urea groups is 1. The first-order chi connectivity index (χ1) is 14.9. The van der Waals surface area contributed by atoms with Crippen molar-refractivity contribution in [2.75, 3.05) is 11.9 Å². The van der Waals surface area contributed by atoms with Gasteiger partial charge in [0.05, 0.1) is 12.7 Å². The summed E-state index contributed by atoms with van der Waals surface area (Å²) < 4.78 is 1.69. The number of carbonyl (C=O) groups is 3. The van der Waals surface area contributed by atoms with Gasteiger partial charge in [-0.2, -0.15) is 5.10 Å². The van der Waals surface area contributed by atoms with Crippen LogP contribution in [0.25, 0.3) is 0 Å². The fourth-order valence-electron chi connectivity index (χ4n) is 4.36. The van der Waals surface area contributed by atoms with Gasteiger partial charge >= 0.3 is 6.03 Å². The third-order valence-electron chi connectivity index (χ3n) is 6.42. The second-order valence-electron chi connectivity index (χ2n) is 8.68. The van der Waals surface area contributed by atoms with Gasteiger partial charge in [0.15, 0.2) is 0 Å². The molecular formula is C23H29N5O3. The molecule has 1 aliphatic heterocycles. The van der Waals surface area contributed by atoms with Crippen LogP contribution in [-0.2, 0) is 22.6 Å². The van der Waals surface area contributed by atoms with Gasteiger partial charge in [-0.25, -0.2) is 9.48 Å². The second-order valence-corrected chi connectivity index (χ2v) is 8.68. The molecule has 0 atom stereocenters. The fourth-order valence-corrected chi connectivity index (χ4v) is 4.36. The fraction of sp³-hybridized carbons (Fsp3) is 0.478. The molecule has 2 N–H and O–H groups in total. The molecule has 2 fully saturated rings. The Morgan fingerprint density at radius 1 is 1.16 bits per heavy atom. The van der Waals surface area contributed by atoms with Gasteiger partial charge in [-0.3, -0.25) is 14.5 Å². The summed E-state index contributed by atoms with van der Waals surface area (Å²) in [7, 11) is 0. The van der Waals surface area contributed by atoms with E-state index in [1.807, 2.05) is 12.1 Å². The van der Waals surface area contributed by atoms with Crippen molar-refractivity contribution < 1.29 is 14.4 Å². The maximum atomic E-state index is 12.9. The topological polar surface area (TPSA) is 96.3 Å². The Labute approximate surface area is 182 Å². The third kappa shape index (κ3) is 4.33. The number of aromatic nitrogens is 2. The molecule has 0 unspecified atom stereocenters. The number of rotatable bonds is 6. The minimum Gasteiger partial charge on any atom is -0.323 e. The van der Waals surface area contributed by atoms with Crippen LogP contribution in [-0.4, -0.2) is 44.6 Å². The SMILES string of the molecule is CCc1ccc(Cn2nccc2NC(=O)CN2C(=O)NC3(CCC(C)CC3)C2=O)cc1. The van der Waals surface area contributed by atoms with Crippen LogP contribution in [0.1, 0.15) is 50.7 Å². The smallest absolute Gasteiger partial charge is 0.323 e. The number of nitrogens with zero attached hydrogens (tertiary/aromatic N) is 3. The summed E-state index contributed by atoms with van der Waals surface area (Å²) in [6.45, 7) is 4.47. The number of aryl methyl sites for hydroxylation is 1. The minimum atomic E-state index is -0.837. The normalized spacial score (nSPS) is 23.3. The molecule has 2 heterocycles. The second kappa shape index (κ2) is 8.53. The van der Waals surface area contributed by atoms with Crippen molar-refractivity contribution in [2.24, 2.45) is 5.92 Å². The number of benzene rings is 1. The summed E-state index contributed by atoms with van der Waals surface area (Å²) in [5.74, 6) is 0.362. The maximum absolute atomic E-state index is 12.9. The van der Waals surface area contributed by atoms with E-state index < -0.39 is 17.5 Å². The molecule has 164 valence electrons. The van der Waals surface area contributed by atoms with Gasteiger partial charge in [0.1, 0.15) is 17.9 Å². The number of carbonyl (C=O) groups excluding carboxylic acids is 3. The Balaban J connectivity index is 1.39. The number of anilines is 1. The van der Waals surface area contributed by atoms with E-state index in [4.69, 9.17) is 0 Å². The van der Waals surface area contributed by atoms with Gasteiger partial charge < -0.3 is 10.6 Å². The molecule has 8 heteroatoms. The van der Waals surface area contributed by atoms with Crippen LogP contribution in [0.4, 0.5) is 10.6 Å². The molecular weight excluding hydrogens is 394 g/mol. The molecule has 2 aromatic rings. The zero-order chi connectivity index (χ0) is 22.0. The van der Waals surface area contributed by atoms with E-state index in [0.29, 0.717) is 31.1 Å². The van der Waals surface area contributed by atoms with Gasteiger partial charge in [-0.05, 0) is 49.1 Å². The van der Waals surface area contributed by atoms with Gasteiger partial charge in [0, 0.05) is 6.07 Å². The number of amides is 4. The summed E-state index contributed by atoms with van der Waals surface area (Å²) >= 11 is 0. The van der Waals surface area contributed by atoms with Crippen molar-refractivity contribution in [3.63, 3.8) is 0 Å². The average molecular weight is 424 g/mol. The number of nitrogens with one attached hydrogen (secondary N) is 2. The van der Waals surface area contributed by atoms with Gasteiger partial charge in [0.2, 0.25) is 5.91 Å². The highest BCUT2D eigenvalue weighted by molar-refractivity contribution is 6.10. The molecule has 1 saturated heterocycles. The molecule has 1 aromatic carbocycles. The summed E-state index contributed by atoms with van der Waals surface area (Å²) in [6, 6.07) is 9.47. The lowest BCUT2D eigenvalue weighted by Crippen LogP contribution is -2.49. The zero-order valence-corrected chi connectivity index (χ0v) is 18.1. The Hall–Kier alpha value is -3.16. The van der Waals surface area contributed by atoms with E-state index in [-0.39, 0.29) is 12.5 Å². The molecule has 4 rings (SSSR count). The van der Waals surface area contributed by atoms with E-state index in [9.17, 15) is 14.4 Å². The van der Waals surface area contributed by atoms with Crippen molar-refractivity contribution in [1.29, 1.82) is 0 Å². The molecule has 1 aromatic heterocycles. The quantitative estimate of drug-likeness (QED) is 0.698. The molecule has 1 spiro atoms. The number of imide groups is 1. The lowest BCUT2D eigenvalue weighted by molar-refractivity contribution is -0.135. The van der Waals surface area contributed by atoms with Crippen LogP contribution >= 0.6 is 0 Å². The summed E-state index contributed by atoms with van der Waals surface area (Å²) in [5, 5.41) is 9.92. The van der Waals surface area contributed by atoms with Gasteiger partial charge in [0.25, 0.3) is 5.91 Å². The van der Waals surface area contributed by atoms with Crippen molar-refractivity contribution >= 4 is 23.7 Å². The van der Waals surface area contributed by atoms with E-state index in [2.05, 4.69) is 41.7 Å². The maximum Gasteiger partial charge on any atom is 0.325 e. The van der Waals surface area contributed by atoms with Crippen LogP contribution < -0.4 is 10.6 Å². The molecule has 1 saturated carbocycles. The van der Waals surface area contributed by atoms with Gasteiger partial charge in [-0.15, -0.1) is 0 Å². The molecule has 8 nitrogen and oxygen atoms in total. The van der Waals surface area contributed by atoms with E-state index >= 15 is 0 Å². The molecule has 31 heavy (non-hydrogen) atoms. The van der Waals surface area contributed by atoms with Crippen molar-refractivity contribution in [1.82, 2.24) is 20.0 Å². The largest absolute Gasteiger partial charge is 0.325 e. The average Bonchev–Trinajstić information content (AvgIpc) is 3.28. The van der Waals surface area contributed by atoms with E-state index in [1.165, 1.54) is 5.56 Å². The number of hydrogen-bond acceptors (Lipinski definition) is 4. The standard InChI is InChI=1S/C23H29N5O3/c1-3-17-4-6-18(7-5-17)14-28-19(10-13-24-28)25-20(29)15-27-21(30)23(26-22(27)31)11-8-16(2)9-12-23/h4-7,10,13,16H,3,8-9,11-12,14-15H2,1-2H3,(H,25,29)(H,26,31). The van der Waals surface area contributed by atoms with Crippen molar-refractivity contribution in [3.8, 4) is 0 Å². The van der Waals surface area contributed by atoms with E-state index in [0.717, 1.165) is 29.7 Å². The monoisotopic (exact) mass is 423 g/mol. The minimum absolute atomic E-state index is 0.288. The lowest BCUT2D eigenvalue weighted by Gasteiger charge is -2.33. The zero-order valence-electron chi connectivity index (χ0n) is 18.1.